The van der Waals surface area contributed by atoms with Crippen LogP contribution in [0.2, 0.25) is 0 Å². The SMILES string of the molecule is CCOc1ccc(N2C(=O)[C@@H]3[C@@H](N=NN3Cc3nc(-c4ccccc4Br)no3)C2=O)cc1. The first kappa shape index (κ1) is 20.3. The summed E-state index contributed by atoms with van der Waals surface area (Å²) < 4.78 is 11.6. The summed E-state index contributed by atoms with van der Waals surface area (Å²) in [4.78, 5) is 31.5. The van der Waals surface area contributed by atoms with E-state index in [0.717, 1.165) is 14.9 Å². The molecule has 2 aliphatic heterocycles. The van der Waals surface area contributed by atoms with Crippen LogP contribution in [0.3, 0.4) is 0 Å². The minimum atomic E-state index is -0.903. The third-order valence-electron chi connectivity index (χ3n) is 5.14. The van der Waals surface area contributed by atoms with Crippen LogP contribution in [0.15, 0.2) is 67.9 Å². The number of amides is 2. The zero-order valence-corrected chi connectivity index (χ0v) is 18.5. The molecule has 0 unspecified atom stereocenters. The van der Waals surface area contributed by atoms with Gasteiger partial charge in [0.2, 0.25) is 11.7 Å². The molecule has 162 valence electrons. The Morgan fingerprint density at radius 2 is 1.88 bits per heavy atom. The van der Waals surface area contributed by atoms with Gasteiger partial charge in [0.25, 0.3) is 11.8 Å². The van der Waals surface area contributed by atoms with Crippen molar-refractivity contribution in [2.45, 2.75) is 25.6 Å². The number of nitrogens with zero attached hydrogens (tertiary/aromatic N) is 6. The van der Waals surface area contributed by atoms with E-state index in [2.05, 4.69) is 36.4 Å². The van der Waals surface area contributed by atoms with Gasteiger partial charge in [-0.1, -0.05) is 38.4 Å². The molecule has 1 fully saturated rings. The molecule has 1 saturated heterocycles. The van der Waals surface area contributed by atoms with Crippen LogP contribution in [-0.2, 0) is 16.1 Å². The van der Waals surface area contributed by atoms with Crippen LogP contribution >= 0.6 is 15.9 Å². The minimum absolute atomic E-state index is 0.0538. The van der Waals surface area contributed by atoms with E-state index in [1.165, 1.54) is 5.01 Å². The summed E-state index contributed by atoms with van der Waals surface area (Å²) in [5, 5.41) is 13.5. The van der Waals surface area contributed by atoms with Crippen LogP contribution < -0.4 is 9.64 Å². The Morgan fingerprint density at radius 3 is 2.62 bits per heavy atom. The van der Waals surface area contributed by atoms with Crippen LogP contribution in [0, 0.1) is 0 Å². The number of anilines is 1. The maximum atomic E-state index is 13.1. The van der Waals surface area contributed by atoms with Crippen LogP contribution in [0.25, 0.3) is 11.4 Å². The van der Waals surface area contributed by atoms with Crippen molar-refractivity contribution in [3.63, 3.8) is 0 Å². The van der Waals surface area contributed by atoms with Gasteiger partial charge >= 0.3 is 0 Å². The van der Waals surface area contributed by atoms with Crippen molar-refractivity contribution in [3.8, 4) is 17.1 Å². The molecule has 0 N–H and O–H groups in total. The Morgan fingerprint density at radius 1 is 1.09 bits per heavy atom. The number of ether oxygens (including phenoxy) is 1. The Hall–Kier alpha value is -3.60. The first-order valence-electron chi connectivity index (χ1n) is 9.92. The van der Waals surface area contributed by atoms with Gasteiger partial charge in [-0.15, -0.1) is 0 Å². The summed E-state index contributed by atoms with van der Waals surface area (Å²) in [6, 6.07) is 12.5. The van der Waals surface area contributed by atoms with E-state index in [4.69, 9.17) is 9.26 Å². The standard InChI is InChI=1S/C21H17BrN6O4/c1-2-31-13-9-7-12(8-10-13)28-20(29)17-18(21(28)30)27(26-24-17)11-16-23-19(25-32-16)14-5-3-4-6-15(14)22/h3-10,17-18H,2,11H2,1H3/t17-,18+/m1/s1. The zero-order chi connectivity index (χ0) is 22.2. The predicted octanol–water partition coefficient (Wildman–Crippen LogP) is 3.39. The van der Waals surface area contributed by atoms with Gasteiger partial charge in [0.05, 0.1) is 12.3 Å². The molecule has 2 amide bonds. The average molecular weight is 497 g/mol. The van der Waals surface area contributed by atoms with E-state index >= 15 is 0 Å². The molecule has 3 heterocycles. The third kappa shape index (κ3) is 3.44. The Kier molecular flexibility index (Phi) is 5.17. The number of aromatic nitrogens is 2. The summed E-state index contributed by atoms with van der Waals surface area (Å²) in [6.45, 7) is 2.46. The van der Waals surface area contributed by atoms with Crippen molar-refractivity contribution in [2.24, 2.45) is 10.3 Å². The van der Waals surface area contributed by atoms with Crippen molar-refractivity contribution in [3.05, 3.63) is 58.9 Å². The maximum Gasteiger partial charge on any atom is 0.263 e. The molecule has 10 nitrogen and oxygen atoms in total. The second-order valence-corrected chi connectivity index (χ2v) is 7.98. The fraction of sp³-hybridized carbons (Fsp3) is 0.238. The molecule has 0 saturated carbocycles. The van der Waals surface area contributed by atoms with Crippen molar-refractivity contribution in [1.82, 2.24) is 15.1 Å². The van der Waals surface area contributed by atoms with Crippen molar-refractivity contribution >= 4 is 33.4 Å². The molecule has 11 heteroatoms. The number of carbonyl (C=O) groups excluding carboxylic acids is 2. The van der Waals surface area contributed by atoms with Gasteiger partial charge in [-0.25, -0.2) is 4.90 Å². The highest BCUT2D eigenvalue weighted by Crippen LogP contribution is 2.33. The lowest BCUT2D eigenvalue weighted by Gasteiger charge is -2.19. The molecule has 1 aromatic heterocycles. The molecular weight excluding hydrogens is 480 g/mol. The fourth-order valence-electron chi connectivity index (χ4n) is 3.68. The lowest BCUT2D eigenvalue weighted by molar-refractivity contribution is -0.123. The number of carbonyl (C=O) groups is 2. The summed E-state index contributed by atoms with van der Waals surface area (Å²) in [5.74, 6) is 0.503. The number of halogens is 1. The van der Waals surface area contributed by atoms with Gasteiger partial charge in [-0.05, 0) is 43.3 Å². The van der Waals surface area contributed by atoms with Crippen LogP contribution in [0.1, 0.15) is 12.8 Å². The van der Waals surface area contributed by atoms with Gasteiger partial charge in [-0.3, -0.25) is 14.6 Å². The van der Waals surface area contributed by atoms with Crippen molar-refractivity contribution in [2.75, 3.05) is 11.5 Å². The number of hydrogen-bond donors (Lipinski definition) is 0. The van der Waals surface area contributed by atoms with E-state index in [1.54, 1.807) is 24.3 Å². The fourth-order valence-corrected chi connectivity index (χ4v) is 4.14. The smallest absolute Gasteiger partial charge is 0.263 e. The van der Waals surface area contributed by atoms with Gasteiger partial charge in [0.15, 0.2) is 12.1 Å². The molecule has 3 aromatic rings. The van der Waals surface area contributed by atoms with Crippen LogP contribution in [0.5, 0.6) is 5.75 Å². The molecule has 0 spiro atoms. The van der Waals surface area contributed by atoms with E-state index in [-0.39, 0.29) is 12.4 Å². The number of imide groups is 1. The average Bonchev–Trinajstić information content (AvgIpc) is 3.48. The monoisotopic (exact) mass is 496 g/mol. The van der Waals surface area contributed by atoms with Gasteiger partial charge in [0, 0.05) is 10.0 Å². The lowest BCUT2D eigenvalue weighted by Crippen LogP contribution is -2.39. The number of rotatable bonds is 6. The minimum Gasteiger partial charge on any atom is -0.494 e. The van der Waals surface area contributed by atoms with Crippen LogP contribution in [0.4, 0.5) is 5.69 Å². The van der Waals surface area contributed by atoms with E-state index in [0.29, 0.717) is 23.9 Å². The first-order chi connectivity index (χ1) is 15.6. The van der Waals surface area contributed by atoms with Crippen molar-refractivity contribution < 1.29 is 18.8 Å². The third-order valence-corrected chi connectivity index (χ3v) is 5.84. The van der Waals surface area contributed by atoms with E-state index < -0.39 is 23.9 Å². The topological polar surface area (TPSA) is 113 Å². The van der Waals surface area contributed by atoms with Gasteiger partial charge in [0.1, 0.15) is 12.3 Å². The molecular formula is C21H17BrN6O4. The Balaban J connectivity index is 1.34. The van der Waals surface area contributed by atoms with E-state index in [1.807, 2.05) is 31.2 Å². The molecule has 0 aliphatic carbocycles. The molecule has 0 bridgehead atoms. The van der Waals surface area contributed by atoms with E-state index in [9.17, 15) is 9.59 Å². The summed E-state index contributed by atoms with van der Waals surface area (Å²) >= 11 is 3.46. The zero-order valence-electron chi connectivity index (χ0n) is 16.9. The summed E-state index contributed by atoms with van der Waals surface area (Å²) in [7, 11) is 0. The molecule has 2 aliphatic rings. The van der Waals surface area contributed by atoms with Gasteiger partial charge in [-0.2, -0.15) is 10.1 Å². The number of benzene rings is 2. The summed E-state index contributed by atoms with van der Waals surface area (Å²) in [5.41, 5.74) is 1.24. The van der Waals surface area contributed by atoms with Gasteiger partial charge < -0.3 is 9.26 Å². The molecule has 2 atom stereocenters. The molecule has 2 aromatic carbocycles. The highest BCUT2D eigenvalue weighted by molar-refractivity contribution is 9.10. The Labute approximate surface area is 191 Å². The number of fused-ring (bicyclic) bond motifs is 1. The maximum absolute atomic E-state index is 13.1. The normalized spacial score (nSPS) is 19.7. The van der Waals surface area contributed by atoms with Crippen LogP contribution in [-0.4, -0.2) is 45.7 Å². The van der Waals surface area contributed by atoms with Crippen molar-refractivity contribution in [1.29, 1.82) is 0 Å². The predicted molar refractivity (Wildman–Crippen MR) is 116 cm³/mol. The summed E-state index contributed by atoms with van der Waals surface area (Å²) in [6.07, 6.45) is 0. The number of hydrogen-bond acceptors (Lipinski definition) is 9. The largest absolute Gasteiger partial charge is 0.494 e. The molecule has 0 radical (unpaired) electrons. The highest BCUT2D eigenvalue weighted by atomic mass is 79.9. The Bertz CT molecular complexity index is 1210. The second kappa shape index (κ2) is 8.15. The second-order valence-electron chi connectivity index (χ2n) is 7.12. The molecule has 5 rings (SSSR count). The lowest BCUT2D eigenvalue weighted by atomic mass is 10.1. The first-order valence-corrected chi connectivity index (χ1v) is 10.7. The molecule has 32 heavy (non-hydrogen) atoms. The quantitative estimate of drug-likeness (QED) is 0.480. The highest BCUT2D eigenvalue weighted by Gasteiger charge is 2.55.